The van der Waals surface area contributed by atoms with Crippen molar-refractivity contribution in [3.8, 4) is 0 Å². The summed E-state index contributed by atoms with van der Waals surface area (Å²) in [6.07, 6.45) is 5.55. The summed E-state index contributed by atoms with van der Waals surface area (Å²) < 4.78 is 0. The molecule has 2 atom stereocenters. The second-order valence-corrected chi connectivity index (χ2v) is 6.56. The smallest absolute Gasteiger partial charge is 0.329 e. The molecule has 0 bridgehead atoms. The summed E-state index contributed by atoms with van der Waals surface area (Å²) in [5, 5.41) is 22.3. The molecule has 1 saturated heterocycles. The fraction of sp³-hybridized carbons (Fsp3) is 0.857. The molecule has 6 heteroatoms. The number of piperidine rings is 1. The minimum atomic E-state index is -1.03. The molecule has 1 heterocycles. The number of likely N-dealkylation sites (tertiary alicyclic amines) is 1. The molecule has 6 nitrogen and oxygen atoms in total. The van der Waals surface area contributed by atoms with Crippen LogP contribution in [0.2, 0.25) is 0 Å². The van der Waals surface area contributed by atoms with Gasteiger partial charge in [0.2, 0.25) is 0 Å². The van der Waals surface area contributed by atoms with Gasteiger partial charge in [-0.05, 0) is 32.1 Å². The number of amides is 2. The van der Waals surface area contributed by atoms with Crippen molar-refractivity contribution in [2.45, 2.75) is 56.1 Å². The maximum atomic E-state index is 12.2. The zero-order valence-corrected chi connectivity index (χ0v) is 11.6. The molecule has 0 aromatic heterocycles. The standard InChI is InChI=1S/C14H22N2O4/c17-11(18)13(5-6-13)15-12(19)16-8-7-14(20)4-2-1-3-10(14)9-16/h10,20H,1-9H2,(H,15,19)(H,17,18). The third kappa shape index (κ3) is 2.26. The van der Waals surface area contributed by atoms with Gasteiger partial charge < -0.3 is 20.4 Å². The lowest BCUT2D eigenvalue weighted by Gasteiger charge is -2.47. The number of carbonyl (C=O) groups excluding carboxylic acids is 1. The summed E-state index contributed by atoms with van der Waals surface area (Å²) >= 11 is 0. The molecule has 2 saturated carbocycles. The van der Waals surface area contributed by atoms with Crippen LogP contribution in [0.25, 0.3) is 0 Å². The first-order valence-corrected chi connectivity index (χ1v) is 7.48. The van der Waals surface area contributed by atoms with E-state index in [1.165, 1.54) is 0 Å². The Morgan fingerprint density at radius 3 is 2.55 bits per heavy atom. The molecule has 3 aliphatic rings. The van der Waals surface area contributed by atoms with Crippen LogP contribution >= 0.6 is 0 Å². The topological polar surface area (TPSA) is 89.9 Å². The monoisotopic (exact) mass is 282 g/mol. The Bertz CT molecular complexity index is 435. The summed E-state index contributed by atoms with van der Waals surface area (Å²) in [5.41, 5.74) is -1.64. The molecule has 3 fully saturated rings. The minimum Gasteiger partial charge on any atom is -0.480 e. The summed E-state index contributed by atoms with van der Waals surface area (Å²) in [7, 11) is 0. The molecule has 1 aliphatic heterocycles. The van der Waals surface area contributed by atoms with Crippen molar-refractivity contribution in [2.24, 2.45) is 5.92 Å². The number of carboxylic acids is 1. The average Bonchev–Trinajstić information content (AvgIpc) is 3.18. The van der Waals surface area contributed by atoms with Crippen LogP contribution in [-0.4, -0.2) is 51.3 Å². The van der Waals surface area contributed by atoms with E-state index >= 15 is 0 Å². The van der Waals surface area contributed by atoms with E-state index in [-0.39, 0.29) is 11.9 Å². The van der Waals surface area contributed by atoms with Gasteiger partial charge in [0, 0.05) is 19.0 Å². The number of carbonyl (C=O) groups is 2. The van der Waals surface area contributed by atoms with Crippen LogP contribution in [0.1, 0.15) is 44.9 Å². The van der Waals surface area contributed by atoms with Gasteiger partial charge in [-0.15, -0.1) is 0 Å². The van der Waals surface area contributed by atoms with Crippen LogP contribution in [0.5, 0.6) is 0 Å². The van der Waals surface area contributed by atoms with Gasteiger partial charge in [0.05, 0.1) is 5.60 Å². The number of hydrogen-bond donors (Lipinski definition) is 3. The Labute approximate surface area is 118 Å². The summed E-state index contributed by atoms with van der Waals surface area (Å²) in [4.78, 5) is 25.0. The number of hydrogen-bond acceptors (Lipinski definition) is 3. The zero-order valence-electron chi connectivity index (χ0n) is 11.6. The second-order valence-electron chi connectivity index (χ2n) is 6.56. The number of nitrogens with one attached hydrogen (secondary N) is 1. The van der Waals surface area contributed by atoms with Crippen LogP contribution in [0.4, 0.5) is 4.79 Å². The van der Waals surface area contributed by atoms with Gasteiger partial charge in [0.1, 0.15) is 5.54 Å². The first kappa shape index (κ1) is 13.7. The normalized spacial score (nSPS) is 35.0. The highest BCUT2D eigenvalue weighted by molar-refractivity contribution is 5.89. The third-order valence-corrected chi connectivity index (χ3v) is 5.22. The molecular weight excluding hydrogens is 260 g/mol. The Kier molecular flexibility index (Phi) is 3.16. The van der Waals surface area contributed by atoms with Crippen LogP contribution in [0.15, 0.2) is 0 Å². The molecule has 0 radical (unpaired) electrons. The third-order valence-electron chi connectivity index (χ3n) is 5.22. The fourth-order valence-corrected chi connectivity index (χ4v) is 3.56. The first-order chi connectivity index (χ1) is 9.45. The molecule has 3 N–H and O–H groups in total. The van der Waals surface area contributed by atoms with Gasteiger partial charge in [-0.25, -0.2) is 9.59 Å². The van der Waals surface area contributed by atoms with Gasteiger partial charge in [-0.1, -0.05) is 12.8 Å². The summed E-state index contributed by atoms with van der Waals surface area (Å²) in [5.74, 6) is -0.812. The molecule has 0 aromatic carbocycles. The van der Waals surface area contributed by atoms with Crippen LogP contribution in [-0.2, 0) is 4.79 Å². The lowest BCUT2D eigenvalue weighted by molar-refractivity contribution is -0.140. The zero-order chi connectivity index (χ0) is 14.4. The van der Waals surface area contributed by atoms with E-state index in [9.17, 15) is 14.7 Å². The molecule has 112 valence electrons. The van der Waals surface area contributed by atoms with E-state index in [1.54, 1.807) is 4.90 Å². The van der Waals surface area contributed by atoms with Gasteiger partial charge in [-0.2, -0.15) is 0 Å². The van der Waals surface area contributed by atoms with Crippen molar-refractivity contribution in [1.82, 2.24) is 10.2 Å². The van der Waals surface area contributed by atoms with E-state index < -0.39 is 17.1 Å². The van der Waals surface area contributed by atoms with E-state index in [2.05, 4.69) is 5.32 Å². The largest absolute Gasteiger partial charge is 0.480 e. The highest BCUT2D eigenvalue weighted by Gasteiger charge is 2.53. The Hall–Kier alpha value is -1.30. The highest BCUT2D eigenvalue weighted by Crippen LogP contribution is 2.40. The lowest BCUT2D eigenvalue weighted by Crippen LogP contribution is -2.58. The molecule has 2 aliphatic carbocycles. The molecule has 20 heavy (non-hydrogen) atoms. The lowest BCUT2D eigenvalue weighted by atomic mass is 9.71. The number of aliphatic hydroxyl groups is 1. The Morgan fingerprint density at radius 2 is 1.90 bits per heavy atom. The molecule has 2 amide bonds. The van der Waals surface area contributed by atoms with Crippen molar-refractivity contribution < 1.29 is 19.8 Å². The second kappa shape index (κ2) is 4.62. The van der Waals surface area contributed by atoms with E-state index in [0.717, 1.165) is 25.7 Å². The summed E-state index contributed by atoms with van der Waals surface area (Å²) in [6, 6.07) is -0.294. The predicted molar refractivity (Wildman–Crippen MR) is 71.2 cm³/mol. The fourth-order valence-electron chi connectivity index (χ4n) is 3.56. The van der Waals surface area contributed by atoms with Crippen molar-refractivity contribution in [1.29, 1.82) is 0 Å². The van der Waals surface area contributed by atoms with Crippen LogP contribution in [0, 0.1) is 5.92 Å². The van der Waals surface area contributed by atoms with Gasteiger partial charge >= 0.3 is 12.0 Å². The predicted octanol–water partition coefficient (Wildman–Crippen LogP) is 0.940. The first-order valence-electron chi connectivity index (χ1n) is 7.48. The SMILES string of the molecule is O=C(NC1(C(=O)O)CC1)N1CCC2(O)CCCCC2C1. The summed E-state index contributed by atoms with van der Waals surface area (Å²) in [6.45, 7) is 1.05. The minimum absolute atomic E-state index is 0.135. The average molecular weight is 282 g/mol. The van der Waals surface area contributed by atoms with Gasteiger partial charge in [-0.3, -0.25) is 0 Å². The molecular formula is C14H22N2O4. The number of nitrogens with zero attached hydrogens (tertiary/aromatic N) is 1. The van der Waals surface area contributed by atoms with E-state index in [0.29, 0.717) is 32.4 Å². The van der Waals surface area contributed by atoms with Crippen LogP contribution in [0.3, 0.4) is 0 Å². The maximum Gasteiger partial charge on any atom is 0.329 e. The number of rotatable bonds is 2. The van der Waals surface area contributed by atoms with Crippen molar-refractivity contribution in [2.75, 3.05) is 13.1 Å². The Balaban J connectivity index is 1.61. The molecule has 3 rings (SSSR count). The maximum absolute atomic E-state index is 12.2. The van der Waals surface area contributed by atoms with E-state index in [1.807, 2.05) is 0 Å². The van der Waals surface area contributed by atoms with Gasteiger partial charge in [0.15, 0.2) is 0 Å². The number of aliphatic carboxylic acids is 1. The number of urea groups is 1. The molecule has 0 spiro atoms. The van der Waals surface area contributed by atoms with E-state index in [4.69, 9.17) is 5.11 Å². The molecule has 0 aromatic rings. The van der Waals surface area contributed by atoms with Gasteiger partial charge in [0.25, 0.3) is 0 Å². The molecule has 2 unspecified atom stereocenters. The quantitative estimate of drug-likeness (QED) is 0.703. The Morgan fingerprint density at radius 1 is 1.15 bits per heavy atom. The van der Waals surface area contributed by atoms with Crippen molar-refractivity contribution in [3.63, 3.8) is 0 Å². The van der Waals surface area contributed by atoms with Crippen LogP contribution < -0.4 is 5.32 Å². The number of carboxylic acid groups (broad SMARTS) is 1. The number of fused-ring (bicyclic) bond motifs is 1. The van der Waals surface area contributed by atoms with Crippen molar-refractivity contribution >= 4 is 12.0 Å². The van der Waals surface area contributed by atoms with Crippen molar-refractivity contribution in [3.05, 3.63) is 0 Å². The highest BCUT2D eigenvalue weighted by atomic mass is 16.4.